The molecule has 134 valence electrons. The molecule has 3 aromatic rings. The first-order valence-corrected chi connectivity index (χ1v) is 8.84. The van der Waals surface area contributed by atoms with Crippen molar-refractivity contribution in [2.24, 2.45) is 0 Å². The SMILES string of the molecule is COc1ccccc1-c1n[nH]c2c1CN(C(=O)CCn1cccc1)CC2. The Morgan fingerprint density at radius 2 is 2.04 bits per heavy atom. The van der Waals surface area contributed by atoms with Crippen LogP contribution in [0.4, 0.5) is 0 Å². The van der Waals surface area contributed by atoms with Crippen LogP contribution in [0.15, 0.2) is 48.8 Å². The molecule has 0 fully saturated rings. The minimum Gasteiger partial charge on any atom is -0.496 e. The molecule has 2 aromatic heterocycles. The van der Waals surface area contributed by atoms with Gasteiger partial charge in [0.15, 0.2) is 0 Å². The van der Waals surface area contributed by atoms with Crippen LogP contribution in [0.25, 0.3) is 11.3 Å². The van der Waals surface area contributed by atoms with Gasteiger partial charge in [0.25, 0.3) is 0 Å². The van der Waals surface area contributed by atoms with Crippen LogP contribution in [0.2, 0.25) is 0 Å². The number of carbonyl (C=O) groups excluding carboxylic acids is 1. The van der Waals surface area contributed by atoms with E-state index in [0.29, 0.717) is 19.5 Å². The number of rotatable bonds is 5. The van der Waals surface area contributed by atoms with E-state index in [1.807, 2.05) is 58.3 Å². The van der Waals surface area contributed by atoms with Gasteiger partial charge in [0.2, 0.25) is 5.91 Å². The molecule has 1 aromatic carbocycles. The summed E-state index contributed by atoms with van der Waals surface area (Å²) in [6.45, 7) is 2.02. The van der Waals surface area contributed by atoms with Crippen LogP contribution in [-0.4, -0.2) is 39.2 Å². The molecule has 26 heavy (non-hydrogen) atoms. The lowest BCUT2D eigenvalue weighted by atomic mass is 10.00. The summed E-state index contributed by atoms with van der Waals surface area (Å²) in [5, 5.41) is 7.65. The predicted molar refractivity (Wildman–Crippen MR) is 98.7 cm³/mol. The summed E-state index contributed by atoms with van der Waals surface area (Å²) in [7, 11) is 1.66. The van der Waals surface area contributed by atoms with E-state index in [0.717, 1.165) is 41.2 Å². The predicted octanol–water partition coefficient (Wildman–Crippen LogP) is 2.86. The molecular formula is C20H22N4O2. The zero-order chi connectivity index (χ0) is 17.9. The summed E-state index contributed by atoms with van der Waals surface area (Å²) in [5.41, 5.74) is 4.03. The summed E-state index contributed by atoms with van der Waals surface area (Å²) in [5.74, 6) is 0.967. The van der Waals surface area contributed by atoms with Gasteiger partial charge in [-0.05, 0) is 24.3 Å². The van der Waals surface area contributed by atoms with Crippen molar-refractivity contribution in [3.63, 3.8) is 0 Å². The number of aromatic amines is 1. The van der Waals surface area contributed by atoms with Crippen LogP contribution in [-0.2, 0) is 24.3 Å². The van der Waals surface area contributed by atoms with Crippen LogP contribution in [0.3, 0.4) is 0 Å². The second-order valence-corrected chi connectivity index (χ2v) is 6.47. The van der Waals surface area contributed by atoms with Crippen LogP contribution in [0, 0.1) is 0 Å². The van der Waals surface area contributed by atoms with Gasteiger partial charge in [0, 0.05) is 61.7 Å². The van der Waals surface area contributed by atoms with Crippen molar-refractivity contribution < 1.29 is 9.53 Å². The molecule has 0 saturated heterocycles. The zero-order valence-corrected chi connectivity index (χ0v) is 14.8. The number of H-pyrrole nitrogens is 1. The average molecular weight is 350 g/mol. The van der Waals surface area contributed by atoms with E-state index in [9.17, 15) is 4.79 Å². The number of hydrogen-bond acceptors (Lipinski definition) is 3. The van der Waals surface area contributed by atoms with Crippen molar-refractivity contribution in [2.45, 2.75) is 25.9 Å². The molecule has 1 N–H and O–H groups in total. The second kappa shape index (κ2) is 7.07. The fraction of sp³-hybridized carbons (Fsp3) is 0.300. The number of carbonyl (C=O) groups is 1. The Morgan fingerprint density at radius 3 is 2.85 bits per heavy atom. The number of nitrogens with zero attached hydrogens (tertiary/aromatic N) is 3. The molecule has 0 atom stereocenters. The highest BCUT2D eigenvalue weighted by atomic mass is 16.5. The molecular weight excluding hydrogens is 328 g/mol. The van der Waals surface area contributed by atoms with Crippen LogP contribution >= 0.6 is 0 Å². The first-order valence-electron chi connectivity index (χ1n) is 8.84. The van der Waals surface area contributed by atoms with E-state index in [1.165, 1.54) is 0 Å². The van der Waals surface area contributed by atoms with E-state index in [1.54, 1.807) is 7.11 Å². The maximum absolute atomic E-state index is 12.7. The minimum atomic E-state index is 0.177. The van der Waals surface area contributed by atoms with Crippen molar-refractivity contribution in [1.29, 1.82) is 0 Å². The number of aryl methyl sites for hydroxylation is 1. The molecule has 3 heterocycles. The Bertz CT molecular complexity index is 898. The van der Waals surface area contributed by atoms with E-state index in [-0.39, 0.29) is 5.91 Å². The van der Waals surface area contributed by atoms with Gasteiger partial charge in [-0.2, -0.15) is 5.10 Å². The molecule has 4 rings (SSSR count). The smallest absolute Gasteiger partial charge is 0.224 e. The highest BCUT2D eigenvalue weighted by Gasteiger charge is 2.26. The molecule has 0 unspecified atom stereocenters. The monoisotopic (exact) mass is 350 g/mol. The third-order valence-corrected chi connectivity index (χ3v) is 4.90. The van der Waals surface area contributed by atoms with E-state index in [4.69, 9.17) is 4.74 Å². The fourth-order valence-electron chi connectivity index (χ4n) is 3.47. The molecule has 1 aliphatic heterocycles. The first kappa shape index (κ1) is 16.4. The Kier molecular flexibility index (Phi) is 4.48. The normalized spacial score (nSPS) is 13.5. The van der Waals surface area contributed by atoms with Crippen LogP contribution in [0.1, 0.15) is 17.7 Å². The van der Waals surface area contributed by atoms with Gasteiger partial charge in [-0.15, -0.1) is 0 Å². The maximum atomic E-state index is 12.7. The van der Waals surface area contributed by atoms with Crippen molar-refractivity contribution >= 4 is 5.91 Å². The third kappa shape index (κ3) is 3.10. The molecule has 0 aliphatic carbocycles. The first-order chi connectivity index (χ1) is 12.8. The molecule has 0 radical (unpaired) electrons. The summed E-state index contributed by atoms with van der Waals surface area (Å²) in [6, 6.07) is 11.8. The Balaban J connectivity index is 1.53. The van der Waals surface area contributed by atoms with Crippen molar-refractivity contribution in [3.8, 4) is 17.0 Å². The quantitative estimate of drug-likeness (QED) is 0.770. The molecule has 1 amide bonds. The largest absolute Gasteiger partial charge is 0.496 e. The molecule has 1 aliphatic rings. The highest BCUT2D eigenvalue weighted by molar-refractivity contribution is 5.77. The lowest BCUT2D eigenvalue weighted by Crippen LogP contribution is -2.36. The summed E-state index contributed by atoms with van der Waals surface area (Å²) in [4.78, 5) is 14.6. The van der Waals surface area contributed by atoms with Gasteiger partial charge in [-0.25, -0.2) is 0 Å². The van der Waals surface area contributed by atoms with Gasteiger partial charge in [0.1, 0.15) is 11.4 Å². The Labute approximate surface area is 152 Å². The van der Waals surface area contributed by atoms with E-state index < -0.39 is 0 Å². The number of fused-ring (bicyclic) bond motifs is 1. The van der Waals surface area contributed by atoms with Gasteiger partial charge < -0.3 is 14.2 Å². The van der Waals surface area contributed by atoms with Crippen LogP contribution < -0.4 is 4.74 Å². The zero-order valence-electron chi connectivity index (χ0n) is 14.8. The highest BCUT2D eigenvalue weighted by Crippen LogP contribution is 2.34. The van der Waals surface area contributed by atoms with Crippen LogP contribution in [0.5, 0.6) is 5.75 Å². The second-order valence-electron chi connectivity index (χ2n) is 6.47. The number of amides is 1. The van der Waals surface area contributed by atoms with Crippen molar-refractivity contribution in [1.82, 2.24) is 19.7 Å². The van der Waals surface area contributed by atoms with Crippen molar-refractivity contribution in [2.75, 3.05) is 13.7 Å². The van der Waals surface area contributed by atoms with Gasteiger partial charge in [0.05, 0.1) is 7.11 Å². The lowest BCUT2D eigenvalue weighted by molar-refractivity contribution is -0.132. The molecule has 6 heteroatoms. The molecule has 0 spiro atoms. The number of nitrogens with one attached hydrogen (secondary N) is 1. The number of hydrogen-bond donors (Lipinski definition) is 1. The molecule has 6 nitrogen and oxygen atoms in total. The topological polar surface area (TPSA) is 63.1 Å². The standard InChI is InChI=1S/C20H22N4O2/c1-26-18-7-3-2-6-15(18)20-16-14-24(13-8-17(16)21-22-20)19(25)9-12-23-10-4-5-11-23/h2-7,10-11H,8-9,12-14H2,1H3,(H,21,22). The Morgan fingerprint density at radius 1 is 1.23 bits per heavy atom. The molecule has 0 saturated carbocycles. The lowest BCUT2D eigenvalue weighted by Gasteiger charge is -2.27. The fourth-order valence-corrected chi connectivity index (χ4v) is 3.47. The maximum Gasteiger partial charge on any atom is 0.224 e. The summed E-state index contributed by atoms with van der Waals surface area (Å²) in [6.07, 6.45) is 5.27. The number of para-hydroxylation sites is 1. The Hall–Kier alpha value is -3.02. The van der Waals surface area contributed by atoms with Crippen molar-refractivity contribution in [3.05, 3.63) is 60.0 Å². The number of ether oxygens (including phenoxy) is 1. The van der Waals surface area contributed by atoms with Gasteiger partial charge >= 0.3 is 0 Å². The number of benzene rings is 1. The number of aromatic nitrogens is 3. The third-order valence-electron chi connectivity index (χ3n) is 4.90. The molecule has 0 bridgehead atoms. The van der Waals surface area contributed by atoms with Gasteiger partial charge in [-0.1, -0.05) is 12.1 Å². The van der Waals surface area contributed by atoms with Gasteiger partial charge in [-0.3, -0.25) is 9.89 Å². The summed E-state index contributed by atoms with van der Waals surface area (Å²) < 4.78 is 7.51. The summed E-state index contributed by atoms with van der Waals surface area (Å²) >= 11 is 0. The van der Waals surface area contributed by atoms with E-state index in [2.05, 4.69) is 10.2 Å². The minimum absolute atomic E-state index is 0.177. The average Bonchev–Trinajstić information content (AvgIpc) is 3.35. The number of methoxy groups -OCH3 is 1. The van der Waals surface area contributed by atoms with E-state index >= 15 is 0 Å².